The maximum absolute atomic E-state index is 5.00. The summed E-state index contributed by atoms with van der Waals surface area (Å²) in [6, 6.07) is 0. The van der Waals surface area contributed by atoms with Crippen LogP contribution in [0.1, 0.15) is 28.9 Å². The minimum Gasteiger partial charge on any atom is -0.383 e. The lowest BCUT2D eigenvalue weighted by Crippen LogP contribution is -2.18. The van der Waals surface area contributed by atoms with Gasteiger partial charge in [0, 0.05) is 30.8 Å². The zero-order chi connectivity index (χ0) is 12.5. The summed E-state index contributed by atoms with van der Waals surface area (Å²) >= 11 is 3.80. The van der Waals surface area contributed by atoms with Crippen LogP contribution in [0.15, 0.2) is 0 Å². The first-order valence-corrected chi connectivity index (χ1v) is 7.97. The molecule has 1 aromatic heterocycles. The van der Waals surface area contributed by atoms with Crippen LogP contribution in [0.25, 0.3) is 0 Å². The molecule has 0 spiro atoms. The van der Waals surface area contributed by atoms with E-state index in [0.717, 1.165) is 25.4 Å². The van der Waals surface area contributed by atoms with Crippen molar-refractivity contribution in [2.45, 2.75) is 32.6 Å². The second-order valence-corrected chi connectivity index (χ2v) is 6.11. The molecule has 1 heterocycles. The van der Waals surface area contributed by atoms with Gasteiger partial charge in [-0.05, 0) is 19.1 Å². The summed E-state index contributed by atoms with van der Waals surface area (Å²) in [5.41, 5.74) is 1.17. The predicted octanol–water partition coefficient (Wildman–Crippen LogP) is 2.83. The molecule has 17 heavy (non-hydrogen) atoms. The smallest absolute Gasteiger partial charge is 0.103 e. The van der Waals surface area contributed by atoms with Crippen LogP contribution in [-0.2, 0) is 17.0 Å². The molecule has 3 nitrogen and oxygen atoms in total. The zero-order valence-electron chi connectivity index (χ0n) is 10.9. The third-order valence-electron chi connectivity index (χ3n) is 2.28. The number of nitrogens with zero attached hydrogens (tertiary/aromatic N) is 1. The molecule has 0 fully saturated rings. The molecule has 0 aliphatic heterocycles. The number of aryl methyl sites for hydroxylation is 1. The highest BCUT2D eigenvalue weighted by atomic mass is 32.2. The number of nitrogens with one attached hydrogen (secondary N) is 1. The Bertz CT molecular complexity index is 315. The lowest BCUT2D eigenvalue weighted by molar-refractivity contribution is 0.199. The van der Waals surface area contributed by atoms with Gasteiger partial charge in [0.05, 0.1) is 12.3 Å². The Labute approximate surface area is 112 Å². The highest BCUT2D eigenvalue weighted by Gasteiger charge is 2.06. The van der Waals surface area contributed by atoms with Gasteiger partial charge in [-0.3, -0.25) is 0 Å². The number of hydrogen-bond donors (Lipinski definition) is 1. The van der Waals surface area contributed by atoms with E-state index in [1.807, 2.05) is 23.1 Å². The number of thioether (sulfide) groups is 1. The first-order chi connectivity index (χ1) is 8.27. The Balaban J connectivity index is 2.33. The van der Waals surface area contributed by atoms with Gasteiger partial charge in [0.2, 0.25) is 0 Å². The maximum atomic E-state index is 5.00. The molecule has 0 aliphatic carbocycles. The van der Waals surface area contributed by atoms with Gasteiger partial charge in [0.25, 0.3) is 0 Å². The molecule has 0 aliphatic rings. The number of aromatic nitrogens is 1. The number of methoxy groups -OCH3 is 1. The lowest BCUT2D eigenvalue weighted by Gasteiger charge is -2.01. The summed E-state index contributed by atoms with van der Waals surface area (Å²) in [6.07, 6.45) is 1.24. The molecular weight excluding hydrogens is 252 g/mol. The largest absolute Gasteiger partial charge is 0.383 e. The first-order valence-electron chi connectivity index (χ1n) is 6.00. The van der Waals surface area contributed by atoms with Crippen molar-refractivity contribution in [1.82, 2.24) is 10.3 Å². The van der Waals surface area contributed by atoms with E-state index in [0.29, 0.717) is 0 Å². The first kappa shape index (κ1) is 15.0. The molecule has 5 heteroatoms. The van der Waals surface area contributed by atoms with E-state index >= 15 is 0 Å². The van der Waals surface area contributed by atoms with Crippen molar-refractivity contribution < 1.29 is 4.74 Å². The molecule has 0 saturated carbocycles. The van der Waals surface area contributed by atoms with E-state index in [4.69, 9.17) is 4.74 Å². The van der Waals surface area contributed by atoms with E-state index in [2.05, 4.69) is 24.1 Å². The van der Waals surface area contributed by atoms with Crippen LogP contribution in [0.2, 0.25) is 0 Å². The highest BCUT2D eigenvalue weighted by molar-refractivity contribution is 7.98. The lowest BCUT2D eigenvalue weighted by atomic mass is 10.4. The fraction of sp³-hybridized carbons (Fsp3) is 0.750. The van der Waals surface area contributed by atoms with Crippen molar-refractivity contribution in [3.05, 3.63) is 15.6 Å². The molecule has 0 saturated heterocycles. The second kappa shape index (κ2) is 8.91. The van der Waals surface area contributed by atoms with Gasteiger partial charge < -0.3 is 10.1 Å². The van der Waals surface area contributed by atoms with Crippen LogP contribution < -0.4 is 5.32 Å². The van der Waals surface area contributed by atoms with Gasteiger partial charge >= 0.3 is 0 Å². The van der Waals surface area contributed by atoms with Crippen molar-refractivity contribution in [3.63, 3.8) is 0 Å². The fourth-order valence-electron chi connectivity index (χ4n) is 1.39. The Kier molecular flexibility index (Phi) is 7.84. The monoisotopic (exact) mass is 274 g/mol. The molecule has 98 valence electrons. The van der Waals surface area contributed by atoms with Gasteiger partial charge in [-0.15, -0.1) is 11.3 Å². The van der Waals surface area contributed by atoms with Crippen LogP contribution in [0.3, 0.4) is 0 Å². The van der Waals surface area contributed by atoms with Crippen molar-refractivity contribution in [3.8, 4) is 0 Å². The van der Waals surface area contributed by atoms with E-state index < -0.39 is 0 Å². The summed E-state index contributed by atoms with van der Waals surface area (Å²) in [4.78, 5) is 5.96. The van der Waals surface area contributed by atoms with Crippen molar-refractivity contribution in [2.75, 3.05) is 26.0 Å². The van der Waals surface area contributed by atoms with Crippen LogP contribution >= 0.6 is 23.1 Å². The van der Waals surface area contributed by atoms with Gasteiger partial charge in [-0.25, -0.2) is 4.98 Å². The van der Waals surface area contributed by atoms with Crippen molar-refractivity contribution in [1.29, 1.82) is 0 Å². The third-order valence-corrected chi connectivity index (χ3v) is 4.79. The minimum atomic E-state index is 0.761. The summed E-state index contributed by atoms with van der Waals surface area (Å²) < 4.78 is 5.00. The second-order valence-electron chi connectivity index (χ2n) is 3.84. The van der Waals surface area contributed by atoms with Crippen LogP contribution in [0.4, 0.5) is 0 Å². The van der Waals surface area contributed by atoms with Gasteiger partial charge in [-0.1, -0.05) is 6.92 Å². The predicted molar refractivity (Wildman–Crippen MR) is 76.9 cm³/mol. The molecule has 0 aromatic carbocycles. The average molecular weight is 274 g/mol. The molecule has 1 rings (SSSR count). The number of rotatable bonds is 9. The minimum absolute atomic E-state index is 0.761. The molecule has 0 amide bonds. The topological polar surface area (TPSA) is 34.2 Å². The Hall–Kier alpha value is -0.100. The van der Waals surface area contributed by atoms with Crippen molar-refractivity contribution in [2.24, 2.45) is 0 Å². The van der Waals surface area contributed by atoms with Gasteiger partial charge in [0.1, 0.15) is 5.01 Å². The fourth-order valence-corrected chi connectivity index (χ4v) is 3.39. The third kappa shape index (κ3) is 5.86. The van der Waals surface area contributed by atoms with Crippen molar-refractivity contribution >= 4 is 23.1 Å². The number of hydrogen-bond acceptors (Lipinski definition) is 5. The summed E-state index contributed by atoms with van der Waals surface area (Å²) in [5, 5.41) is 4.62. The molecule has 1 aromatic rings. The van der Waals surface area contributed by atoms with Gasteiger partial charge in [-0.2, -0.15) is 11.8 Å². The van der Waals surface area contributed by atoms with E-state index in [9.17, 15) is 0 Å². The van der Waals surface area contributed by atoms with E-state index in [1.54, 1.807) is 7.11 Å². The Morgan fingerprint density at radius 2 is 2.29 bits per heavy atom. The highest BCUT2D eigenvalue weighted by Crippen LogP contribution is 2.22. The van der Waals surface area contributed by atoms with Crippen LogP contribution in [0, 0.1) is 6.92 Å². The zero-order valence-corrected chi connectivity index (χ0v) is 12.5. The maximum Gasteiger partial charge on any atom is 0.103 e. The summed E-state index contributed by atoms with van der Waals surface area (Å²) in [7, 11) is 1.72. The van der Waals surface area contributed by atoms with E-state index in [1.165, 1.54) is 27.8 Å². The molecule has 0 unspecified atom stereocenters. The number of ether oxygens (including phenoxy) is 1. The van der Waals surface area contributed by atoms with E-state index in [-0.39, 0.29) is 0 Å². The number of thiazole rings is 1. The molecule has 0 atom stereocenters. The van der Waals surface area contributed by atoms with Crippen LogP contribution in [-0.4, -0.2) is 31.0 Å². The average Bonchev–Trinajstić information content (AvgIpc) is 2.66. The molecule has 0 radical (unpaired) electrons. The van der Waals surface area contributed by atoms with Crippen LogP contribution in [0.5, 0.6) is 0 Å². The summed E-state index contributed by atoms with van der Waals surface area (Å²) in [5.74, 6) is 2.28. The Morgan fingerprint density at radius 3 is 3.00 bits per heavy atom. The molecule has 1 N–H and O–H groups in total. The molecule has 0 bridgehead atoms. The molecular formula is C12H22N2OS2. The quantitative estimate of drug-likeness (QED) is 0.702. The standard InChI is InChI=1S/C12H22N2OS2/c1-4-7-16-9-12-14-10(2)11(17-12)8-13-5-6-15-3/h13H,4-9H2,1-3H3. The Morgan fingerprint density at radius 1 is 1.47 bits per heavy atom. The normalized spacial score (nSPS) is 11.0. The van der Waals surface area contributed by atoms with Gasteiger partial charge in [0.15, 0.2) is 0 Å². The SMILES string of the molecule is CCCSCc1nc(C)c(CNCCOC)s1. The summed E-state index contributed by atoms with van der Waals surface area (Å²) in [6.45, 7) is 6.87.